The molecule has 0 unspecified atom stereocenters. The van der Waals surface area contributed by atoms with E-state index in [1.807, 2.05) is 30.3 Å². The maximum absolute atomic E-state index is 15.0. The van der Waals surface area contributed by atoms with E-state index in [-0.39, 0.29) is 17.8 Å². The highest BCUT2D eigenvalue weighted by atomic mass is 32.1. The van der Waals surface area contributed by atoms with Crippen LogP contribution in [0.2, 0.25) is 0 Å². The Balaban J connectivity index is 1.78. The first-order valence-corrected chi connectivity index (χ1v) is 11.4. The minimum Gasteiger partial charge on any atom is -0.313 e. The lowest BCUT2D eigenvalue weighted by molar-refractivity contribution is 0.102. The first kappa shape index (κ1) is 21.7. The van der Waals surface area contributed by atoms with Crippen LogP contribution >= 0.6 is 11.3 Å². The van der Waals surface area contributed by atoms with Gasteiger partial charge < -0.3 is 10.2 Å². The van der Waals surface area contributed by atoms with Crippen LogP contribution in [-0.4, -0.2) is 48.9 Å². The number of rotatable bonds is 5. The highest BCUT2D eigenvalue weighted by Gasteiger charge is 2.32. The van der Waals surface area contributed by atoms with E-state index in [1.165, 1.54) is 6.07 Å². The first-order valence-electron chi connectivity index (χ1n) is 10.6. The Labute approximate surface area is 187 Å². The molecule has 6 heteroatoms. The number of aryl methyl sites for hydroxylation is 1. The standard InChI is InChI=1S/C25H28FN3OS/c1-17-18(2)31-25(27-24(30)19-9-5-4-6-10-19)22(17)23(20-11-7-8-12-21(20)26)29-15-13-28(3)14-16-29/h4-12,23H,13-16H2,1-3H3,(H,27,30)/t23-/m0/s1. The van der Waals surface area contributed by atoms with Crippen molar-refractivity contribution in [1.29, 1.82) is 0 Å². The van der Waals surface area contributed by atoms with E-state index in [0.717, 1.165) is 47.2 Å². The summed E-state index contributed by atoms with van der Waals surface area (Å²) in [5.41, 5.74) is 3.38. The largest absolute Gasteiger partial charge is 0.313 e. The lowest BCUT2D eigenvalue weighted by Gasteiger charge is -2.39. The number of nitrogens with zero attached hydrogens (tertiary/aromatic N) is 2. The third-order valence-electron chi connectivity index (χ3n) is 6.07. The van der Waals surface area contributed by atoms with E-state index < -0.39 is 0 Å². The van der Waals surface area contributed by atoms with Crippen LogP contribution in [0.4, 0.5) is 9.39 Å². The molecule has 4 nitrogen and oxygen atoms in total. The fraction of sp³-hybridized carbons (Fsp3) is 0.320. The number of hydrogen-bond acceptors (Lipinski definition) is 4. The molecule has 1 aliphatic rings. The Hall–Kier alpha value is -2.54. The number of amides is 1. The molecule has 1 aromatic heterocycles. The van der Waals surface area contributed by atoms with E-state index >= 15 is 4.39 Å². The maximum atomic E-state index is 15.0. The van der Waals surface area contributed by atoms with Crippen LogP contribution < -0.4 is 5.32 Å². The van der Waals surface area contributed by atoms with Gasteiger partial charge in [-0.05, 0) is 44.7 Å². The van der Waals surface area contributed by atoms with Crippen LogP contribution in [0.25, 0.3) is 0 Å². The number of halogens is 1. The van der Waals surface area contributed by atoms with Crippen LogP contribution in [0.1, 0.15) is 38.0 Å². The van der Waals surface area contributed by atoms with Gasteiger partial charge >= 0.3 is 0 Å². The van der Waals surface area contributed by atoms with E-state index in [9.17, 15) is 4.79 Å². The maximum Gasteiger partial charge on any atom is 0.256 e. The van der Waals surface area contributed by atoms with Crippen LogP contribution in [-0.2, 0) is 0 Å². The van der Waals surface area contributed by atoms with Gasteiger partial charge in [0.2, 0.25) is 0 Å². The summed E-state index contributed by atoms with van der Waals surface area (Å²) in [4.78, 5) is 18.7. The van der Waals surface area contributed by atoms with Crippen molar-refractivity contribution in [2.75, 3.05) is 38.5 Å². The number of hydrogen-bond donors (Lipinski definition) is 1. The van der Waals surface area contributed by atoms with Crippen molar-refractivity contribution in [3.8, 4) is 0 Å². The van der Waals surface area contributed by atoms with E-state index in [1.54, 1.807) is 29.5 Å². The van der Waals surface area contributed by atoms with Crippen molar-refractivity contribution >= 4 is 22.2 Å². The molecule has 1 amide bonds. The minimum absolute atomic E-state index is 0.145. The molecule has 3 aromatic rings. The van der Waals surface area contributed by atoms with Gasteiger partial charge in [-0.2, -0.15) is 0 Å². The van der Waals surface area contributed by atoms with Crippen molar-refractivity contribution in [2.24, 2.45) is 0 Å². The molecule has 1 aliphatic heterocycles. The average molecular weight is 438 g/mol. The third-order valence-corrected chi connectivity index (χ3v) is 7.21. The van der Waals surface area contributed by atoms with Crippen LogP contribution in [0.5, 0.6) is 0 Å². The summed E-state index contributed by atoms with van der Waals surface area (Å²) >= 11 is 1.57. The van der Waals surface area contributed by atoms with E-state index in [0.29, 0.717) is 11.1 Å². The number of carbonyl (C=O) groups excluding carboxylic acids is 1. The van der Waals surface area contributed by atoms with Crippen molar-refractivity contribution < 1.29 is 9.18 Å². The zero-order valence-corrected chi connectivity index (χ0v) is 19.0. The first-order chi connectivity index (χ1) is 15.0. The SMILES string of the molecule is Cc1sc(NC(=O)c2ccccc2)c([C@H](c2ccccc2F)N2CCN(C)CC2)c1C. The number of benzene rings is 2. The molecule has 31 heavy (non-hydrogen) atoms. The van der Waals surface area contributed by atoms with Crippen molar-refractivity contribution in [2.45, 2.75) is 19.9 Å². The van der Waals surface area contributed by atoms with Crippen LogP contribution in [0.15, 0.2) is 54.6 Å². The fourth-order valence-corrected chi connectivity index (χ4v) is 5.23. The summed E-state index contributed by atoms with van der Waals surface area (Å²) in [7, 11) is 2.11. The van der Waals surface area contributed by atoms with Gasteiger partial charge in [-0.15, -0.1) is 11.3 Å². The molecular weight excluding hydrogens is 409 g/mol. The Kier molecular flexibility index (Phi) is 6.51. The topological polar surface area (TPSA) is 35.6 Å². The van der Waals surface area contributed by atoms with Gasteiger partial charge in [0, 0.05) is 47.7 Å². The molecular formula is C25H28FN3OS. The summed E-state index contributed by atoms with van der Waals surface area (Å²) in [6.07, 6.45) is 0. The lowest BCUT2D eigenvalue weighted by Crippen LogP contribution is -2.46. The van der Waals surface area contributed by atoms with Gasteiger partial charge in [-0.25, -0.2) is 4.39 Å². The van der Waals surface area contributed by atoms with Gasteiger partial charge in [-0.1, -0.05) is 36.4 Å². The quantitative estimate of drug-likeness (QED) is 0.604. The predicted molar refractivity (Wildman–Crippen MR) is 126 cm³/mol. The van der Waals surface area contributed by atoms with Gasteiger partial charge in [0.15, 0.2) is 0 Å². The average Bonchev–Trinajstić information content (AvgIpc) is 3.05. The monoisotopic (exact) mass is 437 g/mol. The second-order valence-electron chi connectivity index (χ2n) is 8.11. The number of anilines is 1. The predicted octanol–water partition coefficient (Wildman–Crippen LogP) is 5.09. The molecule has 0 aliphatic carbocycles. The molecule has 4 rings (SSSR count). The molecule has 1 N–H and O–H groups in total. The number of carbonyl (C=O) groups is 1. The summed E-state index contributed by atoms with van der Waals surface area (Å²) < 4.78 is 15.0. The lowest BCUT2D eigenvalue weighted by atomic mass is 9.94. The fourth-order valence-electron chi connectivity index (χ4n) is 4.14. The molecule has 1 fully saturated rings. The van der Waals surface area contributed by atoms with Gasteiger partial charge in [0.1, 0.15) is 10.8 Å². The second kappa shape index (κ2) is 9.30. The number of likely N-dealkylation sites (N-methyl/N-ethyl adjacent to an activating group) is 1. The van der Waals surface area contributed by atoms with Crippen molar-refractivity contribution in [3.63, 3.8) is 0 Å². The van der Waals surface area contributed by atoms with Crippen molar-refractivity contribution in [3.05, 3.63) is 87.5 Å². The third kappa shape index (κ3) is 4.56. The molecule has 1 saturated heterocycles. The molecule has 2 aromatic carbocycles. The number of nitrogens with one attached hydrogen (secondary N) is 1. The Morgan fingerprint density at radius 1 is 1.00 bits per heavy atom. The summed E-state index contributed by atoms with van der Waals surface area (Å²) in [5, 5.41) is 3.93. The second-order valence-corrected chi connectivity index (χ2v) is 9.33. The minimum atomic E-state index is -0.245. The summed E-state index contributed by atoms with van der Waals surface area (Å²) in [5.74, 6) is -0.358. The molecule has 1 atom stereocenters. The van der Waals surface area contributed by atoms with E-state index in [4.69, 9.17) is 0 Å². The van der Waals surface area contributed by atoms with Gasteiger partial charge in [0.05, 0.1) is 6.04 Å². The Morgan fingerprint density at radius 2 is 1.65 bits per heavy atom. The molecule has 0 spiro atoms. The Bertz CT molecular complexity index is 1060. The Morgan fingerprint density at radius 3 is 2.32 bits per heavy atom. The zero-order valence-electron chi connectivity index (χ0n) is 18.2. The molecule has 0 saturated carbocycles. The number of piperazine rings is 1. The molecule has 2 heterocycles. The van der Waals surface area contributed by atoms with Gasteiger partial charge in [-0.3, -0.25) is 9.69 Å². The normalized spacial score (nSPS) is 16.3. The molecule has 0 radical (unpaired) electrons. The van der Waals surface area contributed by atoms with E-state index in [2.05, 4.69) is 36.0 Å². The van der Waals surface area contributed by atoms with Gasteiger partial charge in [0.25, 0.3) is 5.91 Å². The summed E-state index contributed by atoms with van der Waals surface area (Å²) in [6, 6.07) is 16.0. The van der Waals surface area contributed by atoms with Crippen LogP contribution in [0.3, 0.4) is 0 Å². The van der Waals surface area contributed by atoms with Crippen LogP contribution in [0, 0.1) is 19.7 Å². The summed E-state index contributed by atoms with van der Waals surface area (Å²) in [6.45, 7) is 7.68. The van der Waals surface area contributed by atoms with Crippen molar-refractivity contribution in [1.82, 2.24) is 9.80 Å². The zero-order chi connectivity index (χ0) is 22.0. The molecule has 162 valence electrons. The highest BCUT2D eigenvalue weighted by Crippen LogP contribution is 2.43. The smallest absolute Gasteiger partial charge is 0.256 e. The molecule has 0 bridgehead atoms. The number of thiophene rings is 1. The highest BCUT2D eigenvalue weighted by molar-refractivity contribution is 7.16.